The second-order valence-electron chi connectivity index (χ2n) is 4.16. The van der Waals surface area contributed by atoms with Crippen LogP contribution in [0.25, 0.3) is 0 Å². The number of hydrogen-bond donors (Lipinski definition) is 2. The molecule has 2 N–H and O–H groups in total. The van der Waals surface area contributed by atoms with Crippen molar-refractivity contribution in [3.8, 4) is 0 Å². The van der Waals surface area contributed by atoms with E-state index in [1.807, 2.05) is 19.1 Å². The second-order valence-corrected chi connectivity index (χ2v) is 6.52. The van der Waals surface area contributed by atoms with E-state index >= 15 is 0 Å². The van der Waals surface area contributed by atoms with Gasteiger partial charge in [0.2, 0.25) is 5.91 Å². The Morgan fingerprint density at radius 3 is 2.45 bits per heavy atom. The fourth-order valence-corrected chi connectivity index (χ4v) is 2.22. The summed E-state index contributed by atoms with van der Waals surface area (Å²) >= 11 is 0. The first kappa shape index (κ1) is 18.9. The second kappa shape index (κ2) is 8.94. The van der Waals surface area contributed by atoms with E-state index < -0.39 is 21.5 Å². The lowest BCUT2D eigenvalue weighted by molar-refractivity contribution is -0.113. The zero-order valence-corrected chi connectivity index (χ0v) is 13.3. The van der Waals surface area contributed by atoms with Crippen molar-refractivity contribution < 1.29 is 13.2 Å². The molecule has 0 spiro atoms. The fourth-order valence-electron chi connectivity index (χ4n) is 1.54. The van der Waals surface area contributed by atoms with Crippen LogP contribution >= 0.6 is 12.4 Å². The number of anilines is 1. The van der Waals surface area contributed by atoms with Crippen LogP contribution in [-0.4, -0.2) is 32.4 Å². The average Bonchev–Trinajstić information content (AvgIpc) is 2.37. The summed E-state index contributed by atoms with van der Waals surface area (Å²) in [6.45, 7) is 4.98. The molecule has 1 amide bonds. The molecule has 0 aromatic heterocycles. The number of sulfone groups is 1. The molecular weight excluding hydrogens is 300 g/mol. The molecule has 0 radical (unpaired) electrons. The molecule has 1 aromatic carbocycles. The van der Waals surface area contributed by atoms with Crippen molar-refractivity contribution in [3.63, 3.8) is 0 Å². The summed E-state index contributed by atoms with van der Waals surface area (Å²) in [6, 6.07) is 7.35. The van der Waals surface area contributed by atoms with E-state index in [9.17, 15) is 13.2 Å². The largest absolute Gasteiger partial charge is 0.325 e. The van der Waals surface area contributed by atoms with E-state index in [1.165, 1.54) is 6.92 Å². The first-order valence-corrected chi connectivity index (χ1v) is 8.09. The van der Waals surface area contributed by atoms with Crippen LogP contribution in [0.3, 0.4) is 0 Å². The van der Waals surface area contributed by atoms with Crippen LogP contribution < -0.4 is 10.6 Å². The summed E-state index contributed by atoms with van der Waals surface area (Å²) < 4.78 is 22.8. The Morgan fingerprint density at radius 2 is 1.85 bits per heavy atom. The summed E-state index contributed by atoms with van der Waals surface area (Å²) in [5.74, 6) is -0.996. The Balaban J connectivity index is 0.00000361. The number of carbonyl (C=O) groups is 1. The molecule has 0 aliphatic heterocycles. The summed E-state index contributed by atoms with van der Waals surface area (Å²) in [5.41, 5.74) is 1.59. The minimum absolute atomic E-state index is 0. The molecule has 0 bridgehead atoms. The number of hydrogen-bond acceptors (Lipinski definition) is 4. The van der Waals surface area contributed by atoms with Crippen molar-refractivity contribution in [2.45, 2.75) is 20.4 Å². The quantitative estimate of drug-likeness (QED) is 0.800. The molecular formula is C13H21ClN2O3S. The van der Waals surface area contributed by atoms with E-state index in [1.54, 1.807) is 12.1 Å². The van der Waals surface area contributed by atoms with E-state index in [0.29, 0.717) is 12.2 Å². The van der Waals surface area contributed by atoms with Gasteiger partial charge in [0.1, 0.15) is 5.75 Å². The normalized spacial score (nSPS) is 10.7. The molecule has 0 aliphatic carbocycles. The third-order valence-electron chi connectivity index (χ3n) is 2.65. The molecule has 7 heteroatoms. The zero-order chi connectivity index (χ0) is 14.3. The Kier molecular flexibility index (Phi) is 8.45. The van der Waals surface area contributed by atoms with Crippen LogP contribution in [0.5, 0.6) is 0 Å². The molecule has 0 unspecified atom stereocenters. The SMILES string of the molecule is CCNCc1ccccc1NC(=O)CS(=O)(=O)CC.Cl. The van der Waals surface area contributed by atoms with Crippen molar-refractivity contribution in [1.29, 1.82) is 0 Å². The minimum atomic E-state index is -3.30. The van der Waals surface area contributed by atoms with Gasteiger partial charge in [0.15, 0.2) is 9.84 Å². The molecule has 5 nitrogen and oxygen atoms in total. The van der Waals surface area contributed by atoms with Crippen LogP contribution in [-0.2, 0) is 21.2 Å². The summed E-state index contributed by atoms with van der Waals surface area (Å²) in [7, 11) is -3.30. The molecule has 0 atom stereocenters. The number of amides is 1. The summed E-state index contributed by atoms with van der Waals surface area (Å²) in [4.78, 5) is 11.7. The van der Waals surface area contributed by atoms with E-state index in [4.69, 9.17) is 0 Å². The van der Waals surface area contributed by atoms with Crippen molar-refractivity contribution in [3.05, 3.63) is 29.8 Å². The lowest BCUT2D eigenvalue weighted by atomic mass is 10.1. The van der Waals surface area contributed by atoms with Gasteiger partial charge in [0.05, 0.1) is 0 Å². The van der Waals surface area contributed by atoms with Gasteiger partial charge in [-0.25, -0.2) is 8.42 Å². The van der Waals surface area contributed by atoms with Crippen molar-refractivity contribution in [2.24, 2.45) is 0 Å². The van der Waals surface area contributed by atoms with Gasteiger partial charge in [-0.3, -0.25) is 4.79 Å². The van der Waals surface area contributed by atoms with Crippen LogP contribution in [0.4, 0.5) is 5.69 Å². The number of halogens is 1. The molecule has 0 aliphatic rings. The first-order chi connectivity index (χ1) is 8.98. The summed E-state index contributed by atoms with van der Waals surface area (Å²) in [5, 5.41) is 5.82. The van der Waals surface area contributed by atoms with E-state index in [-0.39, 0.29) is 18.2 Å². The maximum Gasteiger partial charge on any atom is 0.239 e. The zero-order valence-electron chi connectivity index (χ0n) is 11.7. The van der Waals surface area contributed by atoms with Gasteiger partial charge in [-0.1, -0.05) is 32.0 Å². The van der Waals surface area contributed by atoms with Crippen LogP contribution in [0.2, 0.25) is 0 Å². The van der Waals surface area contributed by atoms with Gasteiger partial charge in [0, 0.05) is 18.0 Å². The Bertz CT molecular complexity index is 532. The molecule has 114 valence electrons. The van der Waals surface area contributed by atoms with E-state index in [0.717, 1.165) is 12.1 Å². The number of para-hydroxylation sites is 1. The number of benzene rings is 1. The molecule has 0 fully saturated rings. The Hall–Kier alpha value is -1.11. The van der Waals surface area contributed by atoms with Gasteiger partial charge >= 0.3 is 0 Å². The van der Waals surface area contributed by atoms with Crippen molar-refractivity contribution in [2.75, 3.05) is 23.4 Å². The maximum atomic E-state index is 11.7. The number of nitrogens with one attached hydrogen (secondary N) is 2. The molecule has 1 rings (SSSR count). The van der Waals surface area contributed by atoms with Gasteiger partial charge in [-0.2, -0.15) is 0 Å². The first-order valence-electron chi connectivity index (χ1n) is 6.27. The monoisotopic (exact) mass is 320 g/mol. The molecule has 20 heavy (non-hydrogen) atoms. The highest BCUT2D eigenvalue weighted by molar-refractivity contribution is 7.92. The highest BCUT2D eigenvalue weighted by Gasteiger charge is 2.15. The van der Waals surface area contributed by atoms with Crippen molar-refractivity contribution >= 4 is 33.8 Å². The maximum absolute atomic E-state index is 11.7. The fraction of sp³-hybridized carbons (Fsp3) is 0.462. The Morgan fingerprint density at radius 1 is 1.20 bits per heavy atom. The predicted octanol–water partition coefficient (Wildman–Crippen LogP) is 1.59. The number of rotatable bonds is 7. The van der Waals surface area contributed by atoms with Gasteiger partial charge < -0.3 is 10.6 Å². The van der Waals surface area contributed by atoms with Gasteiger partial charge in [-0.15, -0.1) is 12.4 Å². The third kappa shape index (κ3) is 6.36. The predicted molar refractivity (Wildman–Crippen MR) is 84.0 cm³/mol. The minimum Gasteiger partial charge on any atom is -0.325 e. The van der Waals surface area contributed by atoms with Crippen LogP contribution in [0.1, 0.15) is 19.4 Å². The molecule has 1 aromatic rings. The molecule has 0 heterocycles. The molecule has 0 saturated carbocycles. The standard InChI is InChI=1S/C13H20N2O3S.ClH/c1-3-14-9-11-7-5-6-8-12(11)15-13(16)10-19(17,18)4-2;/h5-8,14H,3-4,9-10H2,1-2H3,(H,15,16);1H. The Labute approximate surface area is 126 Å². The topological polar surface area (TPSA) is 75.3 Å². The van der Waals surface area contributed by atoms with Crippen molar-refractivity contribution in [1.82, 2.24) is 5.32 Å². The third-order valence-corrected chi connectivity index (χ3v) is 4.23. The number of carbonyl (C=O) groups excluding carboxylic acids is 1. The average molecular weight is 321 g/mol. The smallest absolute Gasteiger partial charge is 0.239 e. The highest BCUT2D eigenvalue weighted by Crippen LogP contribution is 2.14. The van der Waals surface area contributed by atoms with E-state index in [2.05, 4.69) is 10.6 Å². The highest BCUT2D eigenvalue weighted by atomic mass is 35.5. The van der Waals surface area contributed by atoms with Gasteiger partial charge in [-0.05, 0) is 18.2 Å². The van der Waals surface area contributed by atoms with Gasteiger partial charge in [0.25, 0.3) is 0 Å². The van der Waals surface area contributed by atoms with Crippen LogP contribution in [0.15, 0.2) is 24.3 Å². The lowest BCUT2D eigenvalue weighted by Crippen LogP contribution is -2.25. The summed E-state index contributed by atoms with van der Waals surface area (Å²) in [6.07, 6.45) is 0. The van der Waals surface area contributed by atoms with Crippen LogP contribution in [0, 0.1) is 0 Å². The molecule has 0 saturated heterocycles. The lowest BCUT2D eigenvalue weighted by Gasteiger charge is -2.11.